The largest absolute Gasteiger partial charge is 0.295 e. The SMILES string of the molecule is N#Cc1cc(Cl)cc(F)c1-c1c(S(N)(=O)=O)cccc1S(=O)(=O)O. The van der Waals surface area contributed by atoms with E-state index < -0.39 is 52.4 Å². The summed E-state index contributed by atoms with van der Waals surface area (Å²) in [5.74, 6) is -1.15. The minimum absolute atomic E-state index is 0.158. The van der Waals surface area contributed by atoms with Gasteiger partial charge in [-0.15, -0.1) is 0 Å². The van der Waals surface area contributed by atoms with E-state index in [2.05, 4.69) is 0 Å². The van der Waals surface area contributed by atoms with Crippen molar-refractivity contribution in [3.05, 3.63) is 46.7 Å². The lowest BCUT2D eigenvalue weighted by molar-refractivity contribution is 0.483. The van der Waals surface area contributed by atoms with Crippen LogP contribution in [0.15, 0.2) is 40.1 Å². The highest BCUT2D eigenvalue weighted by atomic mass is 35.5. The standard InChI is InChI=1S/C13H8ClFN2O5S2/c14-8-4-7(6-16)12(9(15)5-8)13-10(23(17,18)19)2-1-3-11(13)24(20,21)22/h1-5H,(H2,17,18,19)(H,20,21,22). The summed E-state index contributed by atoms with van der Waals surface area (Å²) in [7, 11) is -9.45. The first kappa shape index (κ1) is 18.3. The Morgan fingerprint density at radius 2 is 1.71 bits per heavy atom. The van der Waals surface area contributed by atoms with Gasteiger partial charge in [-0.3, -0.25) is 4.55 Å². The van der Waals surface area contributed by atoms with E-state index in [0.29, 0.717) is 0 Å². The molecule has 7 nitrogen and oxygen atoms in total. The van der Waals surface area contributed by atoms with E-state index in [9.17, 15) is 25.8 Å². The molecule has 0 aliphatic rings. The molecule has 2 rings (SSSR count). The van der Waals surface area contributed by atoms with Gasteiger partial charge in [-0.25, -0.2) is 17.9 Å². The van der Waals surface area contributed by atoms with Gasteiger partial charge < -0.3 is 0 Å². The van der Waals surface area contributed by atoms with Gasteiger partial charge in [-0.2, -0.15) is 13.7 Å². The Bertz CT molecular complexity index is 1040. The number of halogens is 2. The molecule has 0 saturated carbocycles. The zero-order chi connectivity index (χ0) is 18.3. The number of rotatable bonds is 3. The third kappa shape index (κ3) is 3.40. The summed E-state index contributed by atoms with van der Waals surface area (Å²) in [6, 6.07) is 6.17. The minimum Gasteiger partial charge on any atom is -0.282 e. The average molecular weight is 391 g/mol. The number of nitrogens with zero attached hydrogens (tertiary/aromatic N) is 1. The molecule has 0 aromatic heterocycles. The van der Waals surface area contributed by atoms with Crippen LogP contribution in [0.3, 0.4) is 0 Å². The van der Waals surface area contributed by atoms with Crippen molar-refractivity contribution in [3.63, 3.8) is 0 Å². The van der Waals surface area contributed by atoms with Gasteiger partial charge in [0, 0.05) is 16.1 Å². The molecule has 3 N–H and O–H groups in total. The third-order valence-electron chi connectivity index (χ3n) is 3.00. The maximum absolute atomic E-state index is 14.4. The number of sulfonamides is 1. The molecule has 24 heavy (non-hydrogen) atoms. The van der Waals surface area contributed by atoms with Crippen molar-refractivity contribution in [1.29, 1.82) is 5.26 Å². The summed E-state index contributed by atoms with van der Waals surface area (Å²) < 4.78 is 70.4. The van der Waals surface area contributed by atoms with Crippen LogP contribution in [0.2, 0.25) is 5.02 Å². The molecule has 0 aliphatic carbocycles. The lowest BCUT2D eigenvalue weighted by Gasteiger charge is -2.14. The Kier molecular flexibility index (Phi) is 4.67. The highest BCUT2D eigenvalue weighted by Crippen LogP contribution is 2.38. The molecule has 0 saturated heterocycles. The molecule has 2 aromatic carbocycles. The second-order valence-electron chi connectivity index (χ2n) is 4.57. The van der Waals surface area contributed by atoms with Crippen molar-refractivity contribution < 1.29 is 25.8 Å². The number of benzene rings is 2. The summed E-state index contributed by atoms with van der Waals surface area (Å²) in [6.45, 7) is 0. The predicted molar refractivity (Wildman–Crippen MR) is 82.7 cm³/mol. The zero-order valence-corrected chi connectivity index (χ0v) is 14.0. The highest BCUT2D eigenvalue weighted by molar-refractivity contribution is 7.89. The van der Waals surface area contributed by atoms with Crippen molar-refractivity contribution in [2.45, 2.75) is 9.79 Å². The van der Waals surface area contributed by atoms with Crippen LogP contribution in [0.4, 0.5) is 4.39 Å². The van der Waals surface area contributed by atoms with Crippen LogP contribution < -0.4 is 5.14 Å². The van der Waals surface area contributed by atoms with Crippen LogP contribution >= 0.6 is 11.6 Å². The van der Waals surface area contributed by atoms with E-state index >= 15 is 0 Å². The van der Waals surface area contributed by atoms with Crippen LogP contribution in [0.5, 0.6) is 0 Å². The van der Waals surface area contributed by atoms with Gasteiger partial charge in [0.05, 0.1) is 16.5 Å². The van der Waals surface area contributed by atoms with Gasteiger partial charge in [0.15, 0.2) is 0 Å². The second-order valence-corrected chi connectivity index (χ2v) is 7.93. The van der Waals surface area contributed by atoms with Crippen molar-refractivity contribution in [1.82, 2.24) is 0 Å². The van der Waals surface area contributed by atoms with Gasteiger partial charge in [-0.1, -0.05) is 17.7 Å². The Morgan fingerprint density at radius 3 is 2.21 bits per heavy atom. The van der Waals surface area contributed by atoms with Crippen LogP contribution in [-0.2, 0) is 20.1 Å². The molecule has 0 aliphatic heterocycles. The number of nitriles is 1. The first-order valence-electron chi connectivity index (χ1n) is 5.99. The number of hydrogen-bond donors (Lipinski definition) is 2. The monoisotopic (exact) mass is 390 g/mol. The van der Waals surface area contributed by atoms with Gasteiger partial charge in [0.25, 0.3) is 10.1 Å². The fraction of sp³-hybridized carbons (Fsp3) is 0. The normalized spacial score (nSPS) is 12.0. The minimum atomic E-state index is -4.95. The van der Waals surface area contributed by atoms with Gasteiger partial charge in [-0.05, 0) is 24.3 Å². The van der Waals surface area contributed by atoms with Gasteiger partial charge in [0.1, 0.15) is 10.7 Å². The summed E-state index contributed by atoms with van der Waals surface area (Å²) in [4.78, 5) is -1.68. The van der Waals surface area contributed by atoms with Gasteiger partial charge >= 0.3 is 0 Å². The van der Waals surface area contributed by atoms with E-state index in [-0.39, 0.29) is 5.02 Å². The summed E-state index contributed by atoms with van der Waals surface area (Å²) in [5, 5.41) is 14.0. The first-order chi connectivity index (χ1) is 11.0. The Labute approximate surface area is 141 Å². The second kappa shape index (κ2) is 6.12. The van der Waals surface area contributed by atoms with Crippen LogP contribution in [0.25, 0.3) is 11.1 Å². The predicted octanol–water partition coefficient (Wildman–Crippen LogP) is 1.91. The fourth-order valence-electron chi connectivity index (χ4n) is 2.13. The molecule has 0 amide bonds. The Balaban J connectivity index is 3.14. The van der Waals surface area contributed by atoms with Crippen molar-refractivity contribution in [2.75, 3.05) is 0 Å². The molecule has 0 unspecified atom stereocenters. The molecule has 11 heteroatoms. The Morgan fingerprint density at radius 1 is 1.12 bits per heavy atom. The maximum atomic E-state index is 14.4. The lowest BCUT2D eigenvalue weighted by Crippen LogP contribution is -2.16. The summed E-state index contributed by atoms with van der Waals surface area (Å²) in [5.41, 5.74) is -1.83. The molecule has 2 aromatic rings. The molecule has 0 radical (unpaired) electrons. The van der Waals surface area contributed by atoms with E-state index in [1.54, 1.807) is 6.07 Å². The molecular formula is C13H8ClFN2O5S2. The number of primary sulfonamides is 1. The molecule has 0 spiro atoms. The first-order valence-corrected chi connectivity index (χ1v) is 9.36. The topological polar surface area (TPSA) is 138 Å². The molecule has 0 heterocycles. The number of hydrogen-bond acceptors (Lipinski definition) is 5. The summed E-state index contributed by atoms with van der Waals surface area (Å²) in [6.07, 6.45) is 0. The Hall–Kier alpha value is -2.03. The molecule has 126 valence electrons. The van der Waals surface area contributed by atoms with E-state index in [1.165, 1.54) is 0 Å². The van der Waals surface area contributed by atoms with E-state index in [4.69, 9.17) is 22.0 Å². The van der Waals surface area contributed by atoms with Crippen LogP contribution in [0.1, 0.15) is 5.56 Å². The lowest BCUT2D eigenvalue weighted by atomic mass is 9.99. The quantitative estimate of drug-likeness (QED) is 0.767. The van der Waals surface area contributed by atoms with Crippen LogP contribution in [0, 0.1) is 17.1 Å². The van der Waals surface area contributed by atoms with E-state index in [0.717, 1.165) is 30.3 Å². The smallest absolute Gasteiger partial charge is 0.282 e. The maximum Gasteiger partial charge on any atom is 0.295 e. The fourth-order valence-corrected chi connectivity index (χ4v) is 3.88. The van der Waals surface area contributed by atoms with Crippen molar-refractivity contribution >= 4 is 31.7 Å². The molecule has 0 atom stereocenters. The zero-order valence-electron chi connectivity index (χ0n) is 11.6. The summed E-state index contributed by atoms with van der Waals surface area (Å²) >= 11 is 5.65. The van der Waals surface area contributed by atoms with E-state index in [1.807, 2.05) is 0 Å². The average Bonchev–Trinajstić information content (AvgIpc) is 2.43. The van der Waals surface area contributed by atoms with Crippen molar-refractivity contribution in [2.24, 2.45) is 5.14 Å². The number of nitrogens with two attached hydrogens (primary N) is 1. The van der Waals surface area contributed by atoms with Crippen LogP contribution in [-0.4, -0.2) is 21.4 Å². The molecule has 0 fully saturated rings. The highest BCUT2D eigenvalue weighted by Gasteiger charge is 2.28. The van der Waals surface area contributed by atoms with Gasteiger partial charge in [0.2, 0.25) is 10.0 Å². The third-order valence-corrected chi connectivity index (χ3v) is 5.07. The molecule has 0 bridgehead atoms. The molecular weight excluding hydrogens is 383 g/mol. The van der Waals surface area contributed by atoms with Crippen molar-refractivity contribution in [3.8, 4) is 17.2 Å².